The standard InChI is InChI=1S/C10H13N3O2/c1-6-9(2-7(11)3-12-6)10(15)13-4-8(14)5-13/h2-3,8,14H,4-5,11H2,1H3. The summed E-state index contributed by atoms with van der Waals surface area (Å²) in [6.45, 7) is 2.56. The number of aliphatic hydroxyl groups is 1. The number of likely N-dealkylation sites (tertiary alicyclic amines) is 1. The third-order valence-corrected chi connectivity index (χ3v) is 2.49. The van der Waals surface area contributed by atoms with Crippen molar-refractivity contribution in [3.05, 3.63) is 23.5 Å². The second-order valence-electron chi connectivity index (χ2n) is 3.77. The van der Waals surface area contributed by atoms with Gasteiger partial charge >= 0.3 is 0 Å². The molecule has 0 aromatic carbocycles. The first-order chi connectivity index (χ1) is 7.08. The molecular formula is C10H13N3O2. The number of aliphatic hydroxyl groups excluding tert-OH is 1. The van der Waals surface area contributed by atoms with Gasteiger partial charge in [-0.05, 0) is 13.0 Å². The molecule has 1 aromatic rings. The number of pyridine rings is 1. The first kappa shape index (κ1) is 9.92. The number of carbonyl (C=O) groups excluding carboxylic acids is 1. The molecule has 1 amide bonds. The zero-order chi connectivity index (χ0) is 11.0. The zero-order valence-electron chi connectivity index (χ0n) is 8.47. The molecule has 5 heteroatoms. The quantitative estimate of drug-likeness (QED) is 0.667. The van der Waals surface area contributed by atoms with E-state index in [4.69, 9.17) is 10.8 Å². The van der Waals surface area contributed by atoms with Crippen molar-refractivity contribution in [2.75, 3.05) is 18.8 Å². The Hall–Kier alpha value is -1.62. The van der Waals surface area contributed by atoms with Gasteiger partial charge in [-0.1, -0.05) is 0 Å². The number of anilines is 1. The van der Waals surface area contributed by atoms with E-state index in [1.165, 1.54) is 6.20 Å². The maximum Gasteiger partial charge on any atom is 0.255 e. The molecule has 2 rings (SSSR count). The van der Waals surface area contributed by atoms with Crippen LogP contribution in [-0.4, -0.2) is 40.1 Å². The molecule has 1 aliphatic heterocycles. The average molecular weight is 207 g/mol. The summed E-state index contributed by atoms with van der Waals surface area (Å²) in [5, 5.41) is 9.10. The van der Waals surface area contributed by atoms with Gasteiger partial charge in [0.15, 0.2) is 0 Å². The van der Waals surface area contributed by atoms with Gasteiger partial charge in [0, 0.05) is 13.1 Å². The van der Waals surface area contributed by atoms with Crippen LogP contribution in [0.5, 0.6) is 0 Å². The smallest absolute Gasteiger partial charge is 0.255 e. The number of rotatable bonds is 1. The lowest BCUT2D eigenvalue weighted by Crippen LogP contribution is -2.53. The van der Waals surface area contributed by atoms with Gasteiger partial charge in [0.1, 0.15) is 0 Å². The van der Waals surface area contributed by atoms with Gasteiger partial charge in [0.2, 0.25) is 0 Å². The van der Waals surface area contributed by atoms with Crippen molar-refractivity contribution >= 4 is 11.6 Å². The number of β-amino-alcohol motifs (C(OH)–C–C–N with tert-alkyl or cyclic N) is 1. The van der Waals surface area contributed by atoms with Gasteiger partial charge in [-0.25, -0.2) is 0 Å². The molecule has 15 heavy (non-hydrogen) atoms. The molecule has 0 saturated carbocycles. The van der Waals surface area contributed by atoms with Gasteiger partial charge in [-0.3, -0.25) is 9.78 Å². The van der Waals surface area contributed by atoms with E-state index >= 15 is 0 Å². The van der Waals surface area contributed by atoms with Crippen LogP contribution in [0.2, 0.25) is 0 Å². The van der Waals surface area contributed by atoms with Crippen molar-refractivity contribution in [2.24, 2.45) is 0 Å². The molecule has 0 bridgehead atoms. The molecule has 0 aliphatic carbocycles. The molecule has 1 aromatic heterocycles. The van der Waals surface area contributed by atoms with E-state index < -0.39 is 0 Å². The van der Waals surface area contributed by atoms with Crippen LogP contribution < -0.4 is 5.73 Å². The molecule has 2 heterocycles. The third-order valence-electron chi connectivity index (χ3n) is 2.49. The van der Waals surface area contributed by atoms with Gasteiger partial charge < -0.3 is 15.7 Å². The second kappa shape index (κ2) is 3.51. The van der Waals surface area contributed by atoms with Crippen LogP contribution in [0, 0.1) is 6.92 Å². The SMILES string of the molecule is Cc1ncc(N)cc1C(=O)N1CC(O)C1. The molecule has 0 atom stereocenters. The Morgan fingerprint density at radius 1 is 1.67 bits per heavy atom. The lowest BCUT2D eigenvalue weighted by atomic mass is 10.1. The Morgan fingerprint density at radius 3 is 2.93 bits per heavy atom. The molecule has 5 nitrogen and oxygen atoms in total. The number of nitrogens with zero attached hydrogens (tertiary/aromatic N) is 2. The number of hydrogen-bond acceptors (Lipinski definition) is 4. The van der Waals surface area contributed by atoms with Crippen molar-refractivity contribution in [3.63, 3.8) is 0 Å². The van der Waals surface area contributed by atoms with Crippen molar-refractivity contribution in [2.45, 2.75) is 13.0 Å². The van der Waals surface area contributed by atoms with E-state index in [9.17, 15) is 4.79 Å². The number of aryl methyl sites for hydroxylation is 1. The van der Waals surface area contributed by atoms with Crippen LogP contribution >= 0.6 is 0 Å². The maximum absolute atomic E-state index is 11.9. The summed E-state index contributed by atoms with van der Waals surface area (Å²) in [6.07, 6.45) is 1.14. The summed E-state index contributed by atoms with van der Waals surface area (Å²) >= 11 is 0. The van der Waals surface area contributed by atoms with Crippen molar-refractivity contribution in [3.8, 4) is 0 Å². The van der Waals surface area contributed by atoms with E-state index in [0.29, 0.717) is 30.0 Å². The van der Waals surface area contributed by atoms with Crippen LogP contribution in [0.3, 0.4) is 0 Å². The van der Waals surface area contributed by atoms with Crippen LogP contribution in [0.15, 0.2) is 12.3 Å². The fourth-order valence-electron chi connectivity index (χ4n) is 1.56. The first-order valence-electron chi connectivity index (χ1n) is 4.77. The van der Waals surface area contributed by atoms with Crippen molar-refractivity contribution in [1.82, 2.24) is 9.88 Å². The molecule has 0 spiro atoms. The molecule has 80 valence electrons. The molecule has 0 unspecified atom stereocenters. The highest BCUT2D eigenvalue weighted by Crippen LogP contribution is 2.16. The molecule has 1 saturated heterocycles. The van der Waals surface area contributed by atoms with Gasteiger partial charge in [0.25, 0.3) is 5.91 Å². The summed E-state index contributed by atoms with van der Waals surface area (Å²) in [6, 6.07) is 1.62. The van der Waals surface area contributed by atoms with E-state index in [1.54, 1.807) is 17.9 Å². The molecule has 3 N–H and O–H groups in total. The molecule has 1 aliphatic rings. The van der Waals surface area contributed by atoms with Crippen LogP contribution in [0.4, 0.5) is 5.69 Å². The van der Waals surface area contributed by atoms with Gasteiger partial charge in [0.05, 0.1) is 29.2 Å². The van der Waals surface area contributed by atoms with Crippen LogP contribution in [0.1, 0.15) is 16.1 Å². The summed E-state index contributed by atoms with van der Waals surface area (Å²) in [7, 11) is 0. The number of aromatic nitrogens is 1. The number of nitrogens with two attached hydrogens (primary N) is 1. The number of nitrogen functional groups attached to an aromatic ring is 1. The minimum absolute atomic E-state index is 0.113. The Labute approximate surface area is 87.5 Å². The normalized spacial score (nSPS) is 16.3. The second-order valence-corrected chi connectivity index (χ2v) is 3.77. The molecule has 0 radical (unpaired) electrons. The summed E-state index contributed by atoms with van der Waals surface area (Å²) in [4.78, 5) is 17.5. The highest BCUT2D eigenvalue weighted by Gasteiger charge is 2.30. The average Bonchev–Trinajstić information content (AvgIpc) is 2.16. The van der Waals surface area contributed by atoms with Gasteiger partial charge in [-0.2, -0.15) is 0 Å². The third kappa shape index (κ3) is 1.78. The lowest BCUT2D eigenvalue weighted by Gasteiger charge is -2.36. The summed E-state index contributed by atoms with van der Waals surface area (Å²) in [5.74, 6) is -0.113. The minimum Gasteiger partial charge on any atom is -0.397 e. The first-order valence-corrected chi connectivity index (χ1v) is 4.77. The predicted molar refractivity (Wildman–Crippen MR) is 55.3 cm³/mol. The summed E-state index contributed by atoms with van der Waals surface area (Å²) < 4.78 is 0. The van der Waals surface area contributed by atoms with Crippen molar-refractivity contribution in [1.29, 1.82) is 0 Å². The minimum atomic E-state index is -0.386. The van der Waals surface area contributed by atoms with Crippen molar-refractivity contribution < 1.29 is 9.90 Å². The highest BCUT2D eigenvalue weighted by molar-refractivity contribution is 5.96. The molecular weight excluding hydrogens is 194 g/mol. The largest absolute Gasteiger partial charge is 0.397 e. The van der Waals surface area contributed by atoms with Crippen LogP contribution in [0.25, 0.3) is 0 Å². The maximum atomic E-state index is 11.9. The van der Waals surface area contributed by atoms with Crippen LogP contribution in [-0.2, 0) is 0 Å². The van der Waals surface area contributed by atoms with Gasteiger partial charge in [-0.15, -0.1) is 0 Å². The van der Waals surface area contributed by atoms with E-state index in [-0.39, 0.29) is 12.0 Å². The predicted octanol–water partition coefficient (Wildman–Crippen LogP) is -0.211. The number of hydrogen-bond donors (Lipinski definition) is 2. The fourth-order valence-corrected chi connectivity index (χ4v) is 1.56. The fraction of sp³-hybridized carbons (Fsp3) is 0.400. The topological polar surface area (TPSA) is 79.5 Å². The highest BCUT2D eigenvalue weighted by atomic mass is 16.3. The Morgan fingerprint density at radius 2 is 2.33 bits per heavy atom. The number of carbonyl (C=O) groups is 1. The molecule has 1 fully saturated rings. The monoisotopic (exact) mass is 207 g/mol. The Balaban J connectivity index is 2.22. The zero-order valence-corrected chi connectivity index (χ0v) is 8.47. The summed E-state index contributed by atoms with van der Waals surface area (Å²) in [5.41, 5.74) is 7.22. The Kier molecular flexibility index (Phi) is 2.32. The van der Waals surface area contributed by atoms with E-state index in [0.717, 1.165) is 0 Å². The number of amides is 1. The van der Waals surface area contributed by atoms with E-state index in [1.807, 2.05) is 0 Å². The lowest BCUT2D eigenvalue weighted by molar-refractivity contribution is 0.00581. The van der Waals surface area contributed by atoms with E-state index in [2.05, 4.69) is 4.98 Å². The Bertz CT molecular complexity index is 400.